The third-order valence-electron chi connectivity index (χ3n) is 6.27. The molecule has 0 nitrogen and oxygen atoms in total. The second kappa shape index (κ2) is 9.48. The maximum atomic E-state index is 14.7. The van der Waals surface area contributed by atoms with Crippen molar-refractivity contribution in [1.29, 1.82) is 0 Å². The van der Waals surface area contributed by atoms with E-state index in [0.717, 1.165) is 11.3 Å². The third-order valence-corrected chi connectivity index (χ3v) is 6.27. The van der Waals surface area contributed by atoms with Crippen molar-refractivity contribution < 1.29 is 8.78 Å². The van der Waals surface area contributed by atoms with E-state index in [1.54, 1.807) is 12.1 Å². The van der Waals surface area contributed by atoms with Crippen molar-refractivity contribution in [1.82, 2.24) is 0 Å². The highest BCUT2D eigenvalue weighted by Crippen LogP contribution is 2.39. The molecule has 0 aliphatic heterocycles. The maximum Gasteiger partial charge on any atom is 0.166 e. The molecule has 0 bridgehead atoms. The summed E-state index contributed by atoms with van der Waals surface area (Å²) in [4.78, 5) is 0. The van der Waals surface area contributed by atoms with Crippen LogP contribution in [0.2, 0.25) is 0 Å². The number of rotatable bonds is 8. The molecule has 1 aliphatic carbocycles. The van der Waals surface area contributed by atoms with Crippen LogP contribution in [0.1, 0.15) is 81.8 Å². The molecule has 146 valence electrons. The van der Waals surface area contributed by atoms with E-state index < -0.39 is 11.6 Å². The lowest BCUT2D eigenvalue weighted by atomic mass is 9.76. The van der Waals surface area contributed by atoms with Crippen LogP contribution in [0, 0.1) is 17.6 Å². The van der Waals surface area contributed by atoms with E-state index in [2.05, 4.69) is 19.6 Å². The number of fused-ring (bicyclic) bond motifs is 1. The molecule has 2 aromatic rings. The van der Waals surface area contributed by atoms with Crippen molar-refractivity contribution in [3.8, 4) is 0 Å². The molecule has 2 aromatic carbocycles. The van der Waals surface area contributed by atoms with Crippen molar-refractivity contribution in [3.05, 3.63) is 59.7 Å². The highest BCUT2D eigenvalue weighted by atomic mass is 19.2. The summed E-state index contributed by atoms with van der Waals surface area (Å²) in [6, 6.07) is 7.79. The van der Waals surface area contributed by atoms with Crippen LogP contribution in [0.5, 0.6) is 0 Å². The Balaban J connectivity index is 1.73. The van der Waals surface area contributed by atoms with Gasteiger partial charge >= 0.3 is 0 Å². The summed E-state index contributed by atoms with van der Waals surface area (Å²) in [5.74, 6) is -0.0441. The fourth-order valence-electron chi connectivity index (χ4n) is 4.56. The molecule has 0 heterocycles. The van der Waals surface area contributed by atoms with Crippen molar-refractivity contribution in [2.75, 3.05) is 0 Å². The van der Waals surface area contributed by atoms with E-state index in [0.29, 0.717) is 29.7 Å². The fourth-order valence-corrected chi connectivity index (χ4v) is 4.56. The molecule has 1 fully saturated rings. The Morgan fingerprint density at radius 2 is 1.81 bits per heavy atom. The van der Waals surface area contributed by atoms with E-state index in [-0.39, 0.29) is 0 Å². The van der Waals surface area contributed by atoms with Gasteiger partial charge in [-0.2, -0.15) is 0 Å². The van der Waals surface area contributed by atoms with E-state index >= 15 is 0 Å². The first-order chi connectivity index (χ1) is 13.1. The largest absolute Gasteiger partial charge is 0.203 e. The number of hydrogen-bond acceptors (Lipinski definition) is 0. The monoisotopic (exact) mass is 370 g/mol. The van der Waals surface area contributed by atoms with Gasteiger partial charge in [-0.15, -0.1) is 6.58 Å². The van der Waals surface area contributed by atoms with Gasteiger partial charge in [0, 0.05) is 5.39 Å². The summed E-state index contributed by atoms with van der Waals surface area (Å²) in [6.45, 7) is 5.91. The average molecular weight is 371 g/mol. The van der Waals surface area contributed by atoms with Crippen molar-refractivity contribution in [2.24, 2.45) is 5.92 Å². The number of hydrogen-bond donors (Lipinski definition) is 0. The molecular formula is C25H32F2. The van der Waals surface area contributed by atoms with E-state index in [1.807, 2.05) is 12.1 Å². The molecule has 27 heavy (non-hydrogen) atoms. The Bertz CT molecular complexity index is 769. The smallest absolute Gasteiger partial charge is 0.166 e. The number of allylic oxidation sites excluding steroid dienone is 1. The minimum absolute atomic E-state index is 0.428. The second-order valence-corrected chi connectivity index (χ2v) is 8.19. The van der Waals surface area contributed by atoms with Crippen LogP contribution in [-0.2, 0) is 6.42 Å². The van der Waals surface area contributed by atoms with Crippen LogP contribution in [-0.4, -0.2) is 0 Å². The van der Waals surface area contributed by atoms with Gasteiger partial charge in [0.25, 0.3) is 0 Å². The van der Waals surface area contributed by atoms with Crippen LogP contribution < -0.4 is 0 Å². The minimum Gasteiger partial charge on any atom is -0.203 e. The van der Waals surface area contributed by atoms with Gasteiger partial charge in [-0.3, -0.25) is 0 Å². The molecule has 0 N–H and O–H groups in total. The standard InChI is InChI=1S/C25H32F2/c1-3-5-7-8-18-10-12-19(13-11-18)20-14-15-21-16-22(9-6-4-2)24(26)25(27)23(21)17-20/h4,14-19H,2-3,5-13H2,1H3. The zero-order valence-corrected chi connectivity index (χ0v) is 16.6. The van der Waals surface area contributed by atoms with Crippen LogP contribution in [0.15, 0.2) is 36.9 Å². The van der Waals surface area contributed by atoms with Gasteiger partial charge in [0.2, 0.25) is 0 Å². The summed E-state index contributed by atoms with van der Waals surface area (Å²) in [6.07, 6.45) is 13.1. The van der Waals surface area contributed by atoms with Gasteiger partial charge in [-0.1, -0.05) is 50.8 Å². The zero-order chi connectivity index (χ0) is 19.2. The molecule has 0 spiro atoms. The summed E-state index contributed by atoms with van der Waals surface area (Å²) < 4.78 is 29.1. The van der Waals surface area contributed by atoms with E-state index in [1.165, 1.54) is 56.9 Å². The maximum absolute atomic E-state index is 14.7. The highest BCUT2D eigenvalue weighted by molar-refractivity contribution is 5.85. The predicted molar refractivity (Wildman–Crippen MR) is 111 cm³/mol. The molecular weight excluding hydrogens is 338 g/mol. The van der Waals surface area contributed by atoms with Crippen molar-refractivity contribution in [3.63, 3.8) is 0 Å². The van der Waals surface area contributed by atoms with Crippen molar-refractivity contribution in [2.45, 2.75) is 77.0 Å². The quantitative estimate of drug-likeness (QED) is 0.325. The first kappa shape index (κ1) is 20.0. The zero-order valence-electron chi connectivity index (χ0n) is 16.6. The predicted octanol–water partition coefficient (Wildman–Crippen LogP) is 8.09. The SMILES string of the molecule is C=CCCc1cc2ccc(C3CCC(CCCCC)CC3)cc2c(F)c1F. The molecule has 0 radical (unpaired) electrons. The molecule has 0 atom stereocenters. The highest BCUT2D eigenvalue weighted by Gasteiger charge is 2.23. The molecule has 2 heteroatoms. The molecule has 1 saturated carbocycles. The number of halogens is 2. The van der Waals surface area contributed by atoms with E-state index in [9.17, 15) is 8.78 Å². The Labute approximate surface area is 162 Å². The summed E-state index contributed by atoms with van der Waals surface area (Å²) in [5, 5.41) is 1.22. The number of aryl methyl sites for hydroxylation is 1. The minimum atomic E-state index is -0.693. The van der Waals surface area contributed by atoms with Crippen LogP contribution in [0.4, 0.5) is 8.78 Å². The average Bonchev–Trinajstić information content (AvgIpc) is 2.70. The first-order valence-corrected chi connectivity index (χ1v) is 10.7. The molecule has 3 rings (SSSR count). The second-order valence-electron chi connectivity index (χ2n) is 8.19. The normalized spacial score (nSPS) is 20.1. The number of unbranched alkanes of at least 4 members (excludes halogenated alkanes) is 2. The Kier molecular flexibility index (Phi) is 7.04. The molecule has 0 unspecified atom stereocenters. The Morgan fingerprint density at radius 1 is 1.04 bits per heavy atom. The van der Waals surface area contributed by atoms with Crippen LogP contribution >= 0.6 is 0 Å². The Hall–Kier alpha value is -1.70. The van der Waals surface area contributed by atoms with Gasteiger partial charge in [0.15, 0.2) is 11.6 Å². The van der Waals surface area contributed by atoms with Gasteiger partial charge in [0.1, 0.15) is 0 Å². The first-order valence-electron chi connectivity index (χ1n) is 10.7. The molecule has 0 amide bonds. The van der Waals surface area contributed by atoms with E-state index in [4.69, 9.17) is 0 Å². The molecule has 1 aliphatic rings. The summed E-state index contributed by atoms with van der Waals surface area (Å²) in [5.41, 5.74) is 1.62. The lowest BCUT2D eigenvalue weighted by Gasteiger charge is -2.29. The van der Waals surface area contributed by atoms with Gasteiger partial charge in [0.05, 0.1) is 0 Å². The number of benzene rings is 2. The molecule has 0 saturated heterocycles. The van der Waals surface area contributed by atoms with Crippen LogP contribution in [0.25, 0.3) is 10.8 Å². The lowest BCUT2D eigenvalue weighted by molar-refractivity contribution is 0.303. The van der Waals surface area contributed by atoms with Crippen molar-refractivity contribution >= 4 is 10.8 Å². The Morgan fingerprint density at radius 3 is 2.52 bits per heavy atom. The lowest BCUT2D eigenvalue weighted by Crippen LogP contribution is -2.13. The fraction of sp³-hybridized carbons (Fsp3) is 0.520. The summed E-state index contributed by atoms with van der Waals surface area (Å²) in [7, 11) is 0. The van der Waals surface area contributed by atoms with Gasteiger partial charge in [-0.05, 0) is 79.0 Å². The topological polar surface area (TPSA) is 0 Å². The summed E-state index contributed by atoms with van der Waals surface area (Å²) >= 11 is 0. The van der Waals surface area contributed by atoms with Gasteiger partial charge < -0.3 is 0 Å². The van der Waals surface area contributed by atoms with Crippen LogP contribution in [0.3, 0.4) is 0 Å². The van der Waals surface area contributed by atoms with Gasteiger partial charge in [-0.25, -0.2) is 8.78 Å². The molecule has 0 aromatic heterocycles. The third kappa shape index (κ3) is 4.78.